The minimum absolute atomic E-state index is 0.165. The Balaban J connectivity index is 1.66. The van der Waals surface area contributed by atoms with Gasteiger partial charge in [-0.05, 0) is 12.8 Å². The highest BCUT2D eigenvalue weighted by molar-refractivity contribution is 7.99. The van der Waals surface area contributed by atoms with Crippen molar-refractivity contribution in [1.29, 1.82) is 0 Å². The van der Waals surface area contributed by atoms with Crippen molar-refractivity contribution in [3.05, 3.63) is 10.5 Å². The number of hydrogen-bond acceptors (Lipinski definition) is 4. The largest absolute Gasteiger partial charge is 0.377 e. The summed E-state index contributed by atoms with van der Waals surface area (Å²) in [4.78, 5) is 11.2. The Morgan fingerprint density at radius 1 is 1.39 bits per heavy atom. The van der Waals surface area contributed by atoms with E-state index < -0.39 is 0 Å². The topological polar surface area (TPSA) is 59.9 Å². The van der Waals surface area contributed by atoms with Crippen LogP contribution in [0.4, 0.5) is 0 Å². The zero-order valence-electron chi connectivity index (χ0n) is 10.9. The molecule has 1 aliphatic carbocycles. The van der Waals surface area contributed by atoms with Crippen LogP contribution in [-0.2, 0) is 11.8 Å². The van der Waals surface area contributed by atoms with Gasteiger partial charge in [0.05, 0.1) is 12.7 Å². The molecule has 0 atom stereocenters. The predicted molar refractivity (Wildman–Crippen MR) is 72.0 cm³/mol. The molecule has 1 heterocycles. The summed E-state index contributed by atoms with van der Waals surface area (Å²) < 4.78 is 7.41. The van der Waals surface area contributed by atoms with E-state index in [1.807, 2.05) is 0 Å². The number of nitrogens with one attached hydrogen (secondary N) is 1. The van der Waals surface area contributed by atoms with Crippen molar-refractivity contribution in [2.24, 2.45) is 7.05 Å². The smallest absolute Gasteiger partial charge is 0.343 e. The number of aromatic amines is 1. The quantitative estimate of drug-likeness (QED) is 0.505. The number of aromatic nitrogens is 3. The van der Waals surface area contributed by atoms with Gasteiger partial charge in [-0.3, -0.25) is 4.57 Å². The molecule has 6 heteroatoms. The van der Waals surface area contributed by atoms with Crippen LogP contribution in [0.25, 0.3) is 0 Å². The second-order valence-corrected chi connectivity index (χ2v) is 5.77. The number of hydrogen-bond donors (Lipinski definition) is 1. The first-order valence-corrected chi connectivity index (χ1v) is 7.62. The van der Waals surface area contributed by atoms with Crippen LogP contribution in [0.3, 0.4) is 0 Å². The van der Waals surface area contributed by atoms with Gasteiger partial charge in [0.1, 0.15) is 0 Å². The maximum atomic E-state index is 11.2. The number of ether oxygens (including phenoxy) is 1. The third kappa shape index (κ3) is 3.88. The molecule has 0 radical (unpaired) electrons. The fraction of sp³-hybridized carbons (Fsp3) is 0.833. The minimum atomic E-state index is -0.165. The molecule has 1 aromatic heterocycles. The maximum Gasteiger partial charge on any atom is 0.343 e. The van der Waals surface area contributed by atoms with Crippen molar-refractivity contribution in [2.75, 3.05) is 12.4 Å². The summed E-state index contributed by atoms with van der Waals surface area (Å²) in [6, 6.07) is 0. The summed E-state index contributed by atoms with van der Waals surface area (Å²) in [6.45, 7) is 0.733. The molecule has 0 aliphatic heterocycles. The van der Waals surface area contributed by atoms with Crippen LogP contribution >= 0.6 is 11.8 Å². The van der Waals surface area contributed by atoms with E-state index in [0.29, 0.717) is 6.10 Å². The van der Waals surface area contributed by atoms with Gasteiger partial charge in [-0.2, -0.15) is 0 Å². The van der Waals surface area contributed by atoms with Crippen LogP contribution in [0.1, 0.15) is 38.5 Å². The third-order valence-corrected chi connectivity index (χ3v) is 4.30. The molecule has 1 saturated carbocycles. The van der Waals surface area contributed by atoms with E-state index in [1.165, 1.54) is 43.1 Å². The van der Waals surface area contributed by atoms with Gasteiger partial charge in [-0.1, -0.05) is 37.4 Å². The molecule has 0 aromatic carbocycles. The second-order valence-electron chi connectivity index (χ2n) is 4.70. The zero-order valence-corrected chi connectivity index (χ0v) is 11.7. The molecule has 18 heavy (non-hydrogen) atoms. The monoisotopic (exact) mass is 271 g/mol. The lowest BCUT2D eigenvalue weighted by atomic mass is 10.1. The Kier molecular flexibility index (Phi) is 5.31. The number of H-pyrrole nitrogens is 1. The molecule has 1 N–H and O–H groups in total. The van der Waals surface area contributed by atoms with Crippen LogP contribution in [0, 0.1) is 0 Å². The van der Waals surface area contributed by atoms with E-state index in [1.54, 1.807) is 18.8 Å². The van der Waals surface area contributed by atoms with E-state index in [-0.39, 0.29) is 5.69 Å². The predicted octanol–water partition coefficient (Wildman–Crippen LogP) is 1.94. The average molecular weight is 271 g/mol. The normalized spacial score (nSPS) is 17.8. The van der Waals surface area contributed by atoms with Crippen molar-refractivity contribution in [3.8, 4) is 0 Å². The Labute approximate surface area is 111 Å². The van der Waals surface area contributed by atoms with Crippen molar-refractivity contribution in [3.63, 3.8) is 0 Å². The van der Waals surface area contributed by atoms with E-state index in [2.05, 4.69) is 10.2 Å². The SMILES string of the molecule is Cn1c(SCCOC2CCCCCC2)n[nH]c1=O. The lowest BCUT2D eigenvalue weighted by Crippen LogP contribution is -2.14. The second kappa shape index (κ2) is 6.99. The first-order valence-electron chi connectivity index (χ1n) is 6.63. The Morgan fingerprint density at radius 2 is 2.11 bits per heavy atom. The molecule has 102 valence electrons. The summed E-state index contributed by atoms with van der Waals surface area (Å²) >= 11 is 1.56. The molecule has 0 saturated heterocycles. The van der Waals surface area contributed by atoms with Crippen molar-refractivity contribution >= 4 is 11.8 Å². The van der Waals surface area contributed by atoms with Gasteiger partial charge in [0.25, 0.3) is 0 Å². The van der Waals surface area contributed by atoms with Gasteiger partial charge < -0.3 is 4.74 Å². The summed E-state index contributed by atoms with van der Waals surface area (Å²) in [6.07, 6.45) is 8.14. The Morgan fingerprint density at radius 3 is 2.72 bits per heavy atom. The highest BCUT2D eigenvalue weighted by Gasteiger charge is 2.12. The van der Waals surface area contributed by atoms with Crippen LogP contribution < -0.4 is 5.69 Å². The molecule has 0 amide bonds. The lowest BCUT2D eigenvalue weighted by Gasteiger charge is -2.14. The number of thioether (sulfide) groups is 1. The number of nitrogens with zero attached hydrogens (tertiary/aromatic N) is 2. The van der Waals surface area contributed by atoms with Crippen molar-refractivity contribution < 1.29 is 4.74 Å². The molecule has 1 fully saturated rings. The fourth-order valence-corrected chi connectivity index (χ4v) is 2.97. The minimum Gasteiger partial charge on any atom is -0.377 e. The summed E-state index contributed by atoms with van der Waals surface area (Å²) in [5, 5.41) is 7.11. The van der Waals surface area contributed by atoms with Gasteiger partial charge >= 0.3 is 5.69 Å². The third-order valence-electron chi connectivity index (χ3n) is 3.31. The summed E-state index contributed by atoms with van der Waals surface area (Å²) in [5.41, 5.74) is -0.165. The van der Waals surface area contributed by atoms with Crippen molar-refractivity contribution in [2.45, 2.75) is 49.8 Å². The molecule has 5 nitrogen and oxygen atoms in total. The molecule has 0 bridgehead atoms. The molecular weight excluding hydrogens is 250 g/mol. The highest BCUT2D eigenvalue weighted by Crippen LogP contribution is 2.20. The van der Waals surface area contributed by atoms with Gasteiger partial charge in [0.15, 0.2) is 5.16 Å². The van der Waals surface area contributed by atoms with Gasteiger partial charge in [0.2, 0.25) is 0 Å². The van der Waals surface area contributed by atoms with Gasteiger partial charge in [-0.25, -0.2) is 9.89 Å². The molecule has 2 rings (SSSR count). The Bertz CT molecular complexity index is 408. The zero-order chi connectivity index (χ0) is 12.8. The molecule has 1 aliphatic rings. The van der Waals surface area contributed by atoms with Crippen LogP contribution in [0.5, 0.6) is 0 Å². The molecular formula is C12H21N3O2S. The summed E-state index contributed by atoms with van der Waals surface area (Å²) in [5.74, 6) is 0.842. The van der Waals surface area contributed by atoms with Gasteiger partial charge in [0, 0.05) is 12.8 Å². The summed E-state index contributed by atoms with van der Waals surface area (Å²) in [7, 11) is 1.72. The first-order chi connectivity index (χ1) is 8.77. The maximum absolute atomic E-state index is 11.2. The van der Waals surface area contributed by atoms with E-state index in [4.69, 9.17) is 4.74 Å². The molecule has 1 aromatic rings. The number of rotatable bonds is 5. The molecule has 0 unspecified atom stereocenters. The van der Waals surface area contributed by atoms with E-state index in [9.17, 15) is 4.79 Å². The van der Waals surface area contributed by atoms with Gasteiger partial charge in [-0.15, -0.1) is 5.10 Å². The average Bonchev–Trinajstić information content (AvgIpc) is 2.62. The van der Waals surface area contributed by atoms with Crippen molar-refractivity contribution in [1.82, 2.24) is 14.8 Å². The molecule has 0 spiro atoms. The first kappa shape index (κ1) is 13.7. The van der Waals surface area contributed by atoms with E-state index >= 15 is 0 Å². The fourth-order valence-electron chi connectivity index (χ4n) is 2.22. The van der Waals surface area contributed by atoms with E-state index in [0.717, 1.165) is 17.5 Å². The van der Waals surface area contributed by atoms with Crippen LogP contribution in [-0.4, -0.2) is 33.2 Å². The highest BCUT2D eigenvalue weighted by atomic mass is 32.2. The van der Waals surface area contributed by atoms with Crippen LogP contribution in [0.15, 0.2) is 9.95 Å². The Hall–Kier alpha value is -0.750. The lowest BCUT2D eigenvalue weighted by molar-refractivity contribution is 0.0542. The van der Waals surface area contributed by atoms with Crippen LogP contribution in [0.2, 0.25) is 0 Å². The standard InChI is InChI=1S/C12H21N3O2S/c1-15-11(16)13-14-12(15)18-9-8-17-10-6-4-2-3-5-7-10/h10H,2-9H2,1H3,(H,13,16).